The second-order valence-electron chi connectivity index (χ2n) is 3.74. The number of aromatic hydroxyl groups is 1. The average Bonchev–Trinajstić information content (AvgIpc) is 2.36. The minimum atomic E-state index is -0.592. The smallest absolute Gasteiger partial charge is 0.273 e. The van der Waals surface area contributed by atoms with E-state index in [1.165, 1.54) is 19.2 Å². The van der Waals surface area contributed by atoms with E-state index >= 15 is 0 Å². The molecule has 6 nitrogen and oxygen atoms in total. The molecule has 0 atom stereocenters. The summed E-state index contributed by atoms with van der Waals surface area (Å²) in [4.78, 5) is 21.5. The lowest BCUT2D eigenvalue weighted by molar-refractivity contribution is -0.384. The quantitative estimate of drug-likeness (QED) is 0.624. The van der Waals surface area contributed by atoms with E-state index in [-0.39, 0.29) is 17.3 Å². The van der Waals surface area contributed by atoms with Gasteiger partial charge in [0.15, 0.2) is 0 Å². The maximum Gasteiger partial charge on any atom is 0.273 e. The van der Waals surface area contributed by atoms with Crippen LogP contribution in [0.2, 0.25) is 0 Å². The Labute approximate surface area is 102 Å². The van der Waals surface area contributed by atoms with Crippen LogP contribution in [0.5, 0.6) is 5.75 Å². The maximum atomic E-state index is 11.5. The highest BCUT2D eigenvalue weighted by Gasteiger charge is 2.12. The standard InChI is InChI=1S/C12H10N2O4/c1-13-12(16)7-2-3-10-8(4-7)5-9(14(17)18)6-11(10)15/h2-6,15H,1H3,(H,13,16). The molecule has 0 saturated carbocycles. The minimum Gasteiger partial charge on any atom is -0.507 e. The van der Waals surface area contributed by atoms with Crippen molar-refractivity contribution in [2.24, 2.45) is 0 Å². The van der Waals surface area contributed by atoms with Gasteiger partial charge in [0, 0.05) is 24.1 Å². The van der Waals surface area contributed by atoms with Crippen LogP contribution in [-0.2, 0) is 0 Å². The van der Waals surface area contributed by atoms with Crippen molar-refractivity contribution in [2.75, 3.05) is 7.05 Å². The van der Waals surface area contributed by atoms with Crippen LogP contribution in [0.25, 0.3) is 10.8 Å². The molecule has 2 N–H and O–H groups in total. The summed E-state index contributed by atoms with van der Waals surface area (Å²) in [6.07, 6.45) is 0. The van der Waals surface area contributed by atoms with Crippen molar-refractivity contribution in [3.8, 4) is 5.75 Å². The monoisotopic (exact) mass is 246 g/mol. The minimum absolute atomic E-state index is 0.178. The van der Waals surface area contributed by atoms with E-state index < -0.39 is 4.92 Å². The number of nitro groups is 1. The van der Waals surface area contributed by atoms with Crippen molar-refractivity contribution in [2.45, 2.75) is 0 Å². The zero-order valence-corrected chi connectivity index (χ0v) is 9.51. The lowest BCUT2D eigenvalue weighted by Crippen LogP contribution is -2.17. The van der Waals surface area contributed by atoms with Crippen molar-refractivity contribution < 1.29 is 14.8 Å². The summed E-state index contributed by atoms with van der Waals surface area (Å²) in [5.41, 5.74) is 0.166. The molecule has 0 fully saturated rings. The number of nitro benzene ring substituents is 1. The van der Waals surface area contributed by atoms with Gasteiger partial charge in [0.05, 0.1) is 11.0 Å². The van der Waals surface area contributed by atoms with Crippen molar-refractivity contribution >= 4 is 22.4 Å². The number of carbonyl (C=O) groups excluding carboxylic acids is 1. The molecule has 2 aromatic carbocycles. The number of non-ortho nitro benzene ring substituents is 1. The summed E-state index contributed by atoms with van der Waals surface area (Å²) in [5.74, 6) is -0.467. The normalized spacial score (nSPS) is 10.3. The van der Waals surface area contributed by atoms with Gasteiger partial charge in [0.2, 0.25) is 0 Å². The summed E-state index contributed by atoms with van der Waals surface area (Å²) in [6.45, 7) is 0. The summed E-state index contributed by atoms with van der Waals surface area (Å²) >= 11 is 0. The maximum absolute atomic E-state index is 11.5. The van der Waals surface area contributed by atoms with E-state index in [4.69, 9.17) is 0 Å². The molecule has 0 unspecified atom stereocenters. The highest BCUT2D eigenvalue weighted by molar-refractivity contribution is 6.00. The molecular formula is C12H10N2O4. The predicted molar refractivity (Wildman–Crippen MR) is 65.7 cm³/mol. The zero-order chi connectivity index (χ0) is 13.3. The number of phenolic OH excluding ortho intramolecular Hbond substituents is 1. The fraction of sp³-hybridized carbons (Fsp3) is 0.0833. The van der Waals surface area contributed by atoms with E-state index in [9.17, 15) is 20.0 Å². The highest BCUT2D eigenvalue weighted by Crippen LogP contribution is 2.30. The highest BCUT2D eigenvalue weighted by atomic mass is 16.6. The van der Waals surface area contributed by atoms with E-state index in [1.807, 2.05) is 0 Å². The average molecular weight is 246 g/mol. The van der Waals surface area contributed by atoms with Crippen LogP contribution >= 0.6 is 0 Å². The summed E-state index contributed by atoms with van der Waals surface area (Å²) in [6, 6.07) is 7.01. The second kappa shape index (κ2) is 4.33. The molecule has 0 heterocycles. The Morgan fingerprint density at radius 3 is 2.67 bits per heavy atom. The Balaban J connectivity index is 2.67. The molecule has 0 aliphatic heterocycles. The summed E-state index contributed by atoms with van der Waals surface area (Å²) in [5, 5.41) is 23.7. The molecule has 2 rings (SSSR count). The molecule has 0 bridgehead atoms. The molecule has 18 heavy (non-hydrogen) atoms. The van der Waals surface area contributed by atoms with Gasteiger partial charge >= 0.3 is 0 Å². The van der Waals surface area contributed by atoms with Crippen LogP contribution in [0.3, 0.4) is 0 Å². The third kappa shape index (κ3) is 1.95. The van der Waals surface area contributed by atoms with E-state index in [0.717, 1.165) is 6.07 Å². The SMILES string of the molecule is CNC(=O)c1ccc2c(O)cc([N+](=O)[O-])cc2c1. The topological polar surface area (TPSA) is 92.5 Å². The molecule has 0 aliphatic rings. The molecule has 1 amide bonds. The Morgan fingerprint density at radius 1 is 1.33 bits per heavy atom. The van der Waals surface area contributed by atoms with Crippen LogP contribution in [0, 0.1) is 10.1 Å². The fourth-order valence-electron chi connectivity index (χ4n) is 1.73. The van der Waals surface area contributed by atoms with E-state index in [0.29, 0.717) is 16.3 Å². The first-order chi connectivity index (χ1) is 8.52. The van der Waals surface area contributed by atoms with Crippen LogP contribution < -0.4 is 5.32 Å². The number of hydrogen-bond donors (Lipinski definition) is 2. The molecule has 0 spiro atoms. The predicted octanol–water partition coefficient (Wildman–Crippen LogP) is 1.81. The Hall–Kier alpha value is -2.63. The van der Waals surface area contributed by atoms with Gasteiger partial charge in [0.25, 0.3) is 11.6 Å². The van der Waals surface area contributed by atoms with Crippen molar-refractivity contribution in [3.05, 3.63) is 46.0 Å². The number of phenols is 1. The van der Waals surface area contributed by atoms with Crippen LogP contribution in [0.15, 0.2) is 30.3 Å². The number of benzene rings is 2. The number of nitrogens with one attached hydrogen (secondary N) is 1. The molecule has 0 aliphatic carbocycles. The number of rotatable bonds is 2. The fourth-order valence-corrected chi connectivity index (χ4v) is 1.73. The van der Waals surface area contributed by atoms with E-state index in [2.05, 4.69) is 5.32 Å². The Kier molecular flexibility index (Phi) is 2.85. The number of amides is 1. The van der Waals surface area contributed by atoms with Gasteiger partial charge in [-0.1, -0.05) is 0 Å². The largest absolute Gasteiger partial charge is 0.507 e. The van der Waals surface area contributed by atoms with Crippen molar-refractivity contribution in [1.29, 1.82) is 0 Å². The van der Waals surface area contributed by atoms with Gasteiger partial charge in [-0.15, -0.1) is 0 Å². The molecule has 0 aromatic heterocycles. The van der Waals surface area contributed by atoms with Crippen LogP contribution in [0.4, 0.5) is 5.69 Å². The van der Waals surface area contributed by atoms with Gasteiger partial charge in [0.1, 0.15) is 5.75 Å². The molecular weight excluding hydrogens is 236 g/mol. The van der Waals surface area contributed by atoms with Crippen LogP contribution in [0.1, 0.15) is 10.4 Å². The van der Waals surface area contributed by atoms with Crippen molar-refractivity contribution in [1.82, 2.24) is 5.32 Å². The lowest BCUT2D eigenvalue weighted by atomic mass is 10.0. The molecule has 6 heteroatoms. The van der Waals surface area contributed by atoms with E-state index in [1.54, 1.807) is 12.1 Å². The second-order valence-corrected chi connectivity index (χ2v) is 3.74. The molecule has 0 saturated heterocycles. The Morgan fingerprint density at radius 2 is 2.06 bits per heavy atom. The number of carbonyl (C=O) groups is 1. The third-order valence-electron chi connectivity index (χ3n) is 2.62. The number of nitrogens with zero attached hydrogens (tertiary/aromatic N) is 1. The first-order valence-electron chi connectivity index (χ1n) is 5.16. The number of hydrogen-bond acceptors (Lipinski definition) is 4. The van der Waals surface area contributed by atoms with Crippen LogP contribution in [-0.4, -0.2) is 23.0 Å². The molecule has 92 valence electrons. The molecule has 0 radical (unpaired) electrons. The van der Waals surface area contributed by atoms with Crippen molar-refractivity contribution in [3.63, 3.8) is 0 Å². The zero-order valence-electron chi connectivity index (χ0n) is 9.51. The summed E-state index contributed by atoms with van der Waals surface area (Å²) in [7, 11) is 1.50. The number of fused-ring (bicyclic) bond motifs is 1. The summed E-state index contributed by atoms with van der Waals surface area (Å²) < 4.78 is 0. The van der Waals surface area contributed by atoms with Gasteiger partial charge in [-0.3, -0.25) is 14.9 Å². The Bertz CT molecular complexity index is 652. The lowest BCUT2D eigenvalue weighted by Gasteiger charge is -2.04. The van der Waals surface area contributed by atoms with Gasteiger partial charge in [-0.05, 0) is 23.6 Å². The first-order valence-corrected chi connectivity index (χ1v) is 5.16. The van der Waals surface area contributed by atoms with Gasteiger partial charge in [-0.25, -0.2) is 0 Å². The molecule has 2 aromatic rings. The first kappa shape index (κ1) is 11.8. The van der Waals surface area contributed by atoms with Gasteiger partial charge in [-0.2, -0.15) is 0 Å². The van der Waals surface area contributed by atoms with Gasteiger partial charge < -0.3 is 10.4 Å². The third-order valence-corrected chi connectivity index (χ3v) is 2.62.